The highest BCUT2D eigenvalue weighted by Crippen LogP contribution is 2.16. The number of benzene rings is 1. The first-order valence-corrected chi connectivity index (χ1v) is 6.43. The number of hydrogen-bond acceptors (Lipinski definition) is 2. The second kappa shape index (κ2) is 6.09. The number of carbonyl (C=O) groups excluding carboxylic acids is 1. The topological polar surface area (TPSA) is 60.1 Å². The maximum absolute atomic E-state index is 11.0. The number of aryl methyl sites for hydroxylation is 1. The van der Waals surface area contributed by atoms with Crippen LogP contribution in [-0.2, 0) is 24.3 Å². The Kier molecular flexibility index (Phi) is 4.23. The molecule has 100 valence electrons. The van der Waals surface area contributed by atoms with Crippen LogP contribution in [0.25, 0.3) is 0 Å². The summed E-state index contributed by atoms with van der Waals surface area (Å²) in [5.74, 6) is -0.314. The maximum atomic E-state index is 11.0. The van der Waals surface area contributed by atoms with E-state index in [1.807, 2.05) is 24.3 Å². The monoisotopic (exact) mass is 257 g/mol. The van der Waals surface area contributed by atoms with E-state index < -0.39 is 0 Å². The number of amides is 1. The van der Waals surface area contributed by atoms with Gasteiger partial charge in [0.05, 0.1) is 6.42 Å². The molecule has 1 aromatic carbocycles. The summed E-state index contributed by atoms with van der Waals surface area (Å²) in [4.78, 5) is 11.0. The molecule has 1 heterocycles. The van der Waals surface area contributed by atoms with Crippen molar-refractivity contribution in [2.45, 2.75) is 26.4 Å². The van der Waals surface area contributed by atoms with Crippen LogP contribution in [0.4, 0.5) is 5.69 Å². The van der Waals surface area contributed by atoms with E-state index in [9.17, 15) is 4.79 Å². The van der Waals surface area contributed by atoms with Gasteiger partial charge in [-0.25, -0.2) is 0 Å². The zero-order valence-electron chi connectivity index (χ0n) is 11.1. The largest absolute Gasteiger partial charge is 0.381 e. The van der Waals surface area contributed by atoms with Crippen molar-refractivity contribution in [3.8, 4) is 0 Å². The third kappa shape index (κ3) is 3.61. The van der Waals surface area contributed by atoms with Crippen molar-refractivity contribution in [3.63, 3.8) is 0 Å². The number of primary amides is 1. The Morgan fingerprint density at radius 2 is 2.11 bits per heavy atom. The van der Waals surface area contributed by atoms with E-state index in [1.54, 1.807) is 0 Å². The molecule has 1 amide bonds. The lowest BCUT2D eigenvalue weighted by molar-refractivity contribution is -0.117. The average Bonchev–Trinajstić information content (AvgIpc) is 2.85. The number of nitrogens with one attached hydrogen (secondary N) is 1. The number of nitrogens with two attached hydrogens (primary N) is 1. The number of hydrogen-bond donors (Lipinski definition) is 2. The fourth-order valence-electron chi connectivity index (χ4n) is 2.02. The molecule has 0 bridgehead atoms. The summed E-state index contributed by atoms with van der Waals surface area (Å²) < 4.78 is 2.13. The van der Waals surface area contributed by atoms with Gasteiger partial charge in [-0.1, -0.05) is 18.2 Å². The van der Waals surface area contributed by atoms with Gasteiger partial charge in [0.25, 0.3) is 0 Å². The molecule has 0 atom stereocenters. The van der Waals surface area contributed by atoms with Crippen LogP contribution in [0.15, 0.2) is 42.7 Å². The van der Waals surface area contributed by atoms with Gasteiger partial charge in [0.1, 0.15) is 0 Å². The molecule has 4 heteroatoms. The smallest absolute Gasteiger partial charge is 0.221 e. The Labute approximate surface area is 113 Å². The minimum Gasteiger partial charge on any atom is -0.381 e. The molecule has 0 aliphatic carbocycles. The molecular formula is C15H19N3O. The standard InChI is InChI=1S/C15H19N3O/c1-2-18-8-7-12(11-18)10-17-14-6-4-3-5-13(14)9-15(16)19/h3-8,11,17H,2,9-10H2,1H3,(H2,16,19). The molecule has 0 radical (unpaired) electrons. The van der Waals surface area contributed by atoms with Gasteiger partial charge >= 0.3 is 0 Å². The van der Waals surface area contributed by atoms with Crippen LogP contribution in [0.1, 0.15) is 18.1 Å². The van der Waals surface area contributed by atoms with Crippen LogP contribution in [0, 0.1) is 0 Å². The number of rotatable bonds is 6. The second-order valence-corrected chi connectivity index (χ2v) is 4.50. The maximum Gasteiger partial charge on any atom is 0.221 e. The summed E-state index contributed by atoms with van der Waals surface area (Å²) >= 11 is 0. The lowest BCUT2D eigenvalue weighted by atomic mass is 10.1. The lowest BCUT2D eigenvalue weighted by Crippen LogP contribution is -2.15. The predicted octanol–water partition coefficient (Wildman–Crippen LogP) is 2.15. The van der Waals surface area contributed by atoms with E-state index >= 15 is 0 Å². The van der Waals surface area contributed by atoms with Gasteiger partial charge in [-0.15, -0.1) is 0 Å². The van der Waals surface area contributed by atoms with Crippen molar-refractivity contribution >= 4 is 11.6 Å². The molecule has 0 saturated carbocycles. The molecule has 1 aromatic heterocycles. The van der Waals surface area contributed by atoms with Gasteiger partial charge in [0.2, 0.25) is 5.91 Å². The Morgan fingerprint density at radius 1 is 1.32 bits per heavy atom. The van der Waals surface area contributed by atoms with Crippen molar-refractivity contribution in [1.29, 1.82) is 0 Å². The number of nitrogens with zero attached hydrogens (tertiary/aromatic N) is 1. The molecule has 0 saturated heterocycles. The SMILES string of the molecule is CCn1ccc(CNc2ccccc2CC(N)=O)c1. The molecule has 19 heavy (non-hydrogen) atoms. The van der Waals surface area contributed by atoms with Gasteiger partial charge in [-0.05, 0) is 30.2 Å². The quantitative estimate of drug-likeness (QED) is 0.833. The van der Waals surface area contributed by atoms with E-state index in [4.69, 9.17) is 5.73 Å². The van der Waals surface area contributed by atoms with Gasteiger partial charge in [-0.3, -0.25) is 4.79 Å². The van der Waals surface area contributed by atoms with Crippen LogP contribution in [0.2, 0.25) is 0 Å². The normalized spacial score (nSPS) is 10.4. The first kappa shape index (κ1) is 13.2. The molecule has 0 unspecified atom stereocenters. The van der Waals surface area contributed by atoms with Crippen molar-refractivity contribution in [3.05, 3.63) is 53.9 Å². The van der Waals surface area contributed by atoms with E-state index in [0.29, 0.717) is 0 Å². The van der Waals surface area contributed by atoms with Crippen molar-refractivity contribution in [1.82, 2.24) is 4.57 Å². The summed E-state index contributed by atoms with van der Waals surface area (Å²) in [6.07, 6.45) is 4.44. The molecule has 3 N–H and O–H groups in total. The van der Waals surface area contributed by atoms with Crippen molar-refractivity contribution in [2.24, 2.45) is 5.73 Å². The Bertz CT molecular complexity index is 560. The molecule has 2 aromatic rings. The van der Waals surface area contributed by atoms with Gasteiger partial charge in [0, 0.05) is 31.2 Å². The Hall–Kier alpha value is -2.23. The van der Waals surface area contributed by atoms with Crippen molar-refractivity contribution in [2.75, 3.05) is 5.32 Å². The van der Waals surface area contributed by atoms with Crippen LogP contribution < -0.4 is 11.1 Å². The number of para-hydroxylation sites is 1. The van der Waals surface area contributed by atoms with E-state index in [1.165, 1.54) is 5.56 Å². The van der Waals surface area contributed by atoms with E-state index in [-0.39, 0.29) is 12.3 Å². The summed E-state index contributed by atoms with van der Waals surface area (Å²) in [6.45, 7) is 3.82. The number of aromatic nitrogens is 1. The molecule has 0 spiro atoms. The molecule has 4 nitrogen and oxygen atoms in total. The zero-order chi connectivity index (χ0) is 13.7. The highest BCUT2D eigenvalue weighted by molar-refractivity contribution is 5.78. The van der Waals surface area contributed by atoms with Crippen LogP contribution in [0.3, 0.4) is 0 Å². The van der Waals surface area contributed by atoms with E-state index in [0.717, 1.165) is 24.3 Å². The van der Waals surface area contributed by atoms with Crippen molar-refractivity contribution < 1.29 is 4.79 Å². The molecule has 0 aliphatic heterocycles. The van der Waals surface area contributed by atoms with Crippen LogP contribution in [-0.4, -0.2) is 10.5 Å². The summed E-state index contributed by atoms with van der Waals surface area (Å²) in [5, 5.41) is 3.35. The summed E-state index contributed by atoms with van der Waals surface area (Å²) in [7, 11) is 0. The third-order valence-corrected chi connectivity index (χ3v) is 3.04. The second-order valence-electron chi connectivity index (χ2n) is 4.50. The lowest BCUT2D eigenvalue weighted by Gasteiger charge is -2.10. The van der Waals surface area contributed by atoms with Gasteiger partial charge < -0.3 is 15.6 Å². The number of anilines is 1. The predicted molar refractivity (Wildman–Crippen MR) is 76.8 cm³/mol. The first-order chi connectivity index (χ1) is 9.19. The zero-order valence-corrected chi connectivity index (χ0v) is 11.1. The molecule has 0 aliphatic rings. The highest BCUT2D eigenvalue weighted by atomic mass is 16.1. The van der Waals surface area contributed by atoms with Crippen LogP contribution >= 0.6 is 0 Å². The molecule has 0 fully saturated rings. The minimum absolute atomic E-state index is 0.263. The van der Waals surface area contributed by atoms with Gasteiger partial charge in [0.15, 0.2) is 0 Å². The highest BCUT2D eigenvalue weighted by Gasteiger charge is 2.05. The summed E-state index contributed by atoms with van der Waals surface area (Å²) in [6, 6.07) is 9.84. The fourth-order valence-corrected chi connectivity index (χ4v) is 2.02. The van der Waals surface area contributed by atoms with Crippen LogP contribution in [0.5, 0.6) is 0 Å². The molecule has 2 rings (SSSR count). The summed E-state index contributed by atoms with van der Waals surface area (Å²) in [5.41, 5.74) is 8.37. The van der Waals surface area contributed by atoms with Gasteiger partial charge in [-0.2, -0.15) is 0 Å². The fraction of sp³-hybridized carbons (Fsp3) is 0.267. The average molecular weight is 257 g/mol. The Morgan fingerprint density at radius 3 is 2.79 bits per heavy atom. The van der Waals surface area contributed by atoms with E-state index in [2.05, 4.69) is 35.3 Å². The third-order valence-electron chi connectivity index (χ3n) is 3.04. The minimum atomic E-state index is -0.314. The Balaban J connectivity index is 2.04. The molecular weight excluding hydrogens is 238 g/mol. The first-order valence-electron chi connectivity index (χ1n) is 6.43. The number of carbonyl (C=O) groups is 1.